The molecule has 1 aliphatic rings. The minimum atomic E-state index is 0.404. The van der Waals surface area contributed by atoms with Crippen LogP contribution in [0.15, 0.2) is 12.3 Å². The molecule has 0 atom stereocenters. The van der Waals surface area contributed by atoms with Crippen LogP contribution in [0.4, 0.5) is 5.69 Å². The van der Waals surface area contributed by atoms with Gasteiger partial charge < -0.3 is 9.64 Å². The van der Waals surface area contributed by atoms with Crippen molar-refractivity contribution in [2.45, 2.75) is 0 Å². The molecule has 0 amide bonds. The Morgan fingerprint density at radius 1 is 1.47 bits per heavy atom. The van der Waals surface area contributed by atoms with E-state index >= 15 is 0 Å². The summed E-state index contributed by atoms with van der Waals surface area (Å²) in [5.74, 6) is 0. The number of aromatic nitrogens is 1. The molecule has 0 saturated carbocycles. The predicted octanol–water partition coefficient (Wildman–Crippen LogP) is 1.38. The highest BCUT2D eigenvalue weighted by atomic mass is 35.5. The molecule has 1 fully saturated rings. The Kier molecular flexibility index (Phi) is 3.18. The van der Waals surface area contributed by atoms with Crippen molar-refractivity contribution in [3.8, 4) is 0 Å². The predicted molar refractivity (Wildman–Crippen MR) is 57.7 cm³/mol. The lowest BCUT2D eigenvalue weighted by Crippen LogP contribution is -2.36. The van der Waals surface area contributed by atoms with Crippen LogP contribution in [-0.4, -0.2) is 37.6 Å². The molecule has 0 unspecified atom stereocenters. The number of carbonyl (C=O) groups is 1. The second kappa shape index (κ2) is 4.59. The summed E-state index contributed by atoms with van der Waals surface area (Å²) in [5.41, 5.74) is 1.26. The van der Waals surface area contributed by atoms with Gasteiger partial charge in [0.1, 0.15) is 5.69 Å². The fourth-order valence-corrected chi connectivity index (χ4v) is 1.78. The first-order valence-electron chi connectivity index (χ1n) is 4.74. The van der Waals surface area contributed by atoms with Crippen molar-refractivity contribution in [2.24, 2.45) is 0 Å². The molecule has 2 rings (SSSR count). The van der Waals surface area contributed by atoms with Gasteiger partial charge in [-0.1, -0.05) is 11.6 Å². The Labute approximate surface area is 92.8 Å². The Balaban J connectivity index is 2.28. The summed E-state index contributed by atoms with van der Waals surface area (Å²) in [4.78, 5) is 16.6. The van der Waals surface area contributed by atoms with E-state index < -0.39 is 0 Å². The van der Waals surface area contributed by atoms with E-state index in [1.165, 1.54) is 6.20 Å². The van der Waals surface area contributed by atoms with Gasteiger partial charge in [0, 0.05) is 19.3 Å². The third kappa shape index (κ3) is 2.27. The second-order valence-electron chi connectivity index (χ2n) is 3.28. The van der Waals surface area contributed by atoms with Crippen molar-refractivity contribution >= 4 is 23.6 Å². The summed E-state index contributed by atoms with van der Waals surface area (Å²) in [7, 11) is 0. The average molecular weight is 227 g/mol. The van der Waals surface area contributed by atoms with Crippen molar-refractivity contribution < 1.29 is 9.53 Å². The van der Waals surface area contributed by atoms with Gasteiger partial charge in [-0.2, -0.15) is 0 Å². The monoisotopic (exact) mass is 226 g/mol. The number of carbonyl (C=O) groups excluding carboxylic acids is 1. The van der Waals surface area contributed by atoms with E-state index in [9.17, 15) is 4.79 Å². The molecule has 0 spiro atoms. The second-order valence-corrected chi connectivity index (χ2v) is 3.69. The first-order chi connectivity index (χ1) is 7.31. The van der Waals surface area contributed by atoms with Crippen molar-refractivity contribution in [1.82, 2.24) is 4.98 Å². The third-order valence-corrected chi connectivity index (χ3v) is 2.62. The number of anilines is 1. The van der Waals surface area contributed by atoms with E-state index in [4.69, 9.17) is 16.3 Å². The molecule has 0 bridgehead atoms. The average Bonchev–Trinajstić information content (AvgIpc) is 2.31. The molecule has 0 N–H and O–H groups in total. The number of hydrogen-bond acceptors (Lipinski definition) is 4. The highest BCUT2D eigenvalue weighted by Crippen LogP contribution is 2.25. The molecule has 0 aromatic carbocycles. The molecule has 15 heavy (non-hydrogen) atoms. The molecule has 80 valence electrons. The molecular weight excluding hydrogens is 216 g/mol. The smallest absolute Gasteiger partial charge is 0.168 e. The standard InChI is InChI=1S/C10H11ClN2O2/c11-9-6-12-8(7-14)5-10(9)13-1-3-15-4-2-13/h5-7H,1-4H2. The lowest BCUT2D eigenvalue weighted by Gasteiger charge is -2.29. The van der Waals surface area contributed by atoms with Crippen LogP contribution in [0, 0.1) is 0 Å². The minimum Gasteiger partial charge on any atom is -0.378 e. The van der Waals surface area contributed by atoms with Gasteiger partial charge in [0.15, 0.2) is 6.29 Å². The van der Waals surface area contributed by atoms with Crippen LogP contribution in [0.25, 0.3) is 0 Å². The highest BCUT2D eigenvalue weighted by molar-refractivity contribution is 6.33. The van der Waals surface area contributed by atoms with Gasteiger partial charge in [-0.05, 0) is 6.07 Å². The van der Waals surface area contributed by atoms with E-state index in [0.29, 0.717) is 23.9 Å². The Morgan fingerprint density at radius 2 is 2.20 bits per heavy atom. The molecule has 1 aromatic heterocycles. The quantitative estimate of drug-likeness (QED) is 0.715. The number of nitrogens with zero attached hydrogens (tertiary/aromatic N) is 2. The van der Waals surface area contributed by atoms with E-state index in [-0.39, 0.29) is 0 Å². The molecule has 1 saturated heterocycles. The highest BCUT2D eigenvalue weighted by Gasteiger charge is 2.14. The number of aldehydes is 1. The zero-order valence-electron chi connectivity index (χ0n) is 8.15. The van der Waals surface area contributed by atoms with Crippen molar-refractivity contribution in [3.63, 3.8) is 0 Å². The summed E-state index contributed by atoms with van der Waals surface area (Å²) in [6.45, 7) is 2.97. The zero-order chi connectivity index (χ0) is 10.7. The van der Waals surface area contributed by atoms with Gasteiger partial charge in [0.2, 0.25) is 0 Å². The number of rotatable bonds is 2. The zero-order valence-corrected chi connectivity index (χ0v) is 8.91. The Hall–Kier alpha value is -1.13. The first-order valence-corrected chi connectivity index (χ1v) is 5.12. The van der Waals surface area contributed by atoms with Crippen LogP contribution in [0.5, 0.6) is 0 Å². The Morgan fingerprint density at radius 3 is 2.87 bits per heavy atom. The van der Waals surface area contributed by atoms with Gasteiger partial charge in [0.25, 0.3) is 0 Å². The van der Waals surface area contributed by atoms with Crippen molar-refractivity contribution in [1.29, 1.82) is 0 Å². The lowest BCUT2D eigenvalue weighted by molar-refractivity contribution is 0.111. The van der Waals surface area contributed by atoms with Gasteiger partial charge in [-0.3, -0.25) is 9.78 Å². The fourth-order valence-electron chi connectivity index (χ4n) is 1.55. The molecule has 0 radical (unpaired) electrons. The number of pyridine rings is 1. The molecule has 2 heterocycles. The van der Waals surface area contributed by atoms with Crippen LogP contribution < -0.4 is 4.90 Å². The van der Waals surface area contributed by atoms with Crippen molar-refractivity contribution in [2.75, 3.05) is 31.2 Å². The largest absolute Gasteiger partial charge is 0.378 e. The van der Waals surface area contributed by atoms with Gasteiger partial charge >= 0.3 is 0 Å². The van der Waals surface area contributed by atoms with Crippen LogP contribution in [0.1, 0.15) is 10.5 Å². The fraction of sp³-hybridized carbons (Fsp3) is 0.400. The SMILES string of the molecule is O=Cc1cc(N2CCOCC2)c(Cl)cn1. The maximum Gasteiger partial charge on any atom is 0.168 e. The number of ether oxygens (including phenoxy) is 1. The Bertz CT molecular complexity index is 364. The summed E-state index contributed by atoms with van der Waals surface area (Å²) in [6.07, 6.45) is 2.23. The summed E-state index contributed by atoms with van der Waals surface area (Å²) in [6, 6.07) is 1.71. The van der Waals surface area contributed by atoms with Crippen LogP contribution in [-0.2, 0) is 4.74 Å². The van der Waals surface area contributed by atoms with Crippen molar-refractivity contribution in [3.05, 3.63) is 23.0 Å². The normalized spacial score (nSPS) is 16.5. The van der Waals surface area contributed by atoms with E-state index in [0.717, 1.165) is 25.1 Å². The lowest BCUT2D eigenvalue weighted by atomic mass is 10.3. The number of morpholine rings is 1. The summed E-state index contributed by atoms with van der Waals surface area (Å²) in [5, 5.41) is 0.572. The summed E-state index contributed by atoms with van der Waals surface area (Å²) < 4.78 is 5.25. The van der Waals surface area contributed by atoms with Gasteiger partial charge in [-0.15, -0.1) is 0 Å². The molecule has 1 aliphatic heterocycles. The molecule has 0 aliphatic carbocycles. The molecule has 5 heteroatoms. The topological polar surface area (TPSA) is 42.4 Å². The maximum absolute atomic E-state index is 10.6. The summed E-state index contributed by atoms with van der Waals surface area (Å²) >= 11 is 6.03. The molecule has 1 aromatic rings. The van der Waals surface area contributed by atoms with E-state index in [1.807, 2.05) is 0 Å². The number of halogens is 1. The minimum absolute atomic E-state index is 0.404. The third-order valence-electron chi connectivity index (χ3n) is 2.33. The van der Waals surface area contributed by atoms with Crippen LogP contribution in [0.2, 0.25) is 5.02 Å². The molecule has 4 nitrogen and oxygen atoms in total. The van der Waals surface area contributed by atoms with Crippen LogP contribution >= 0.6 is 11.6 Å². The van der Waals surface area contributed by atoms with Gasteiger partial charge in [0.05, 0.1) is 23.9 Å². The van der Waals surface area contributed by atoms with Crippen LogP contribution in [0.3, 0.4) is 0 Å². The molecular formula is C10H11ClN2O2. The first kappa shape index (κ1) is 10.4. The number of hydrogen-bond donors (Lipinski definition) is 0. The van der Waals surface area contributed by atoms with E-state index in [2.05, 4.69) is 9.88 Å². The van der Waals surface area contributed by atoms with E-state index in [1.54, 1.807) is 6.07 Å². The maximum atomic E-state index is 10.6. The van der Waals surface area contributed by atoms with Gasteiger partial charge in [-0.25, -0.2) is 0 Å².